The third kappa shape index (κ3) is 4.30. The lowest BCUT2D eigenvalue weighted by Gasteiger charge is -2.16. The minimum atomic E-state index is -0.889. The number of benzene rings is 2. The van der Waals surface area contributed by atoms with Gasteiger partial charge in [-0.1, -0.05) is 6.07 Å². The minimum Gasteiger partial charge on any atom is -0.507 e. The summed E-state index contributed by atoms with van der Waals surface area (Å²) in [7, 11) is 1.35. The number of phenols is 1. The van der Waals surface area contributed by atoms with E-state index in [0.29, 0.717) is 0 Å². The number of aliphatic imine (C=N–C) groups is 1. The maximum absolute atomic E-state index is 13.8. The summed E-state index contributed by atoms with van der Waals surface area (Å²) in [5.41, 5.74) is 5.26. The molecule has 0 bridgehead atoms. The molecule has 7 nitrogen and oxygen atoms in total. The summed E-state index contributed by atoms with van der Waals surface area (Å²) in [5, 5.41) is 12.4. The Bertz CT molecular complexity index is 939. The Morgan fingerprint density at radius 2 is 2.15 bits per heavy atom. The Kier molecular flexibility index (Phi) is 6.27. The lowest BCUT2D eigenvalue weighted by atomic mass is 9.95. The van der Waals surface area contributed by atoms with E-state index in [1.807, 2.05) is 0 Å². The highest BCUT2D eigenvalue weighted by molar-refractivity contribution is 6.12. The molecule has 0 atom stereocenters. The van der Waals surface area contributed by atoms with Gasteiger partial charge in [0.1, 0.15) is 24.0 Å². The Labute approximate surface area is 153 Å². The van der Waals surface area contributed by atoms with Crippen LogP contribution in [0.25, 0.3) is 16.0 Å². The summed E-state index contributed by atoms with van der Waals surface area (Å²) in [6.45, 7) is 6.33. The van der Waals surface area contributed by atoms with Crippen LogP contribution in [0.1, 0.15) is 10.4 Å². The molecule has 0 heterocycles. The molecule has 0 aliphatic rings. The van der Waals surface area contributed by atoms with Crippen LogP contribution in [0.5, 0.6) is 11.5 Å². The molecule has 0 aliphatic carbocycles. The van der Waals surface area contributed by atoms with E-state index in [1.165, 1.54) is 19.2 Å². The predicted molar refractivity (Wildman–Crippen MR) is 96.2 cm³/mol. The second kappa shape index (κ2) is 8.62. The van der Waals surface area contributed by atoms with Crippen LogP contribution in [0.3, 0.4) is 0 Å². The van der Waals surface area contributed by atoms with Gasteiger partial charge in [0.25, 0.3) is 5.91 Å². The first-order valence-corrected chi connectivity index (χ1v) is 7.67. The molecule has 27 heavy (non-hydrogen) atoms. The Hall–Kier alpha value is -3.67. The molecule has 2 aromatic rings. The van der Waals surface area contributed by atoms with Gasteiger partial charge in [-0.3, -0.25) is 15.1 Å². The number of methoxy groups -OCH3 is 1. The van der Waals surface area contributed by atoms with Gasteiger partial charge >= 0.3 is 0 Å². The van der Waals surface area contributed by atoms with Crippen LogP contribution in [0.2, 0.25) is 0 Å². The number of ether oxygens (including phenoxy) is 1. The highest BCUT2D eigenvalue weighted by Gasteiger charge is 2.24. The van der Waals surface area contributed by atoms with Crippen molar-refractivity contribution in [2.45, 2.75) is 0 Å². The normalized spacial score (nSPS) is 11.0. The number of phenolic OH excluding ortho intramolecular Hbond substituents is 1. The zero-order valence-electron chi connectivity index (χ0n) is 14.3. The van der Waals surface area contributed by atoms with E-state index in [9.17, 15) is 18.7 Å². The number of nitrogens with two attached hydrogens (primary N) is 1. The van der Waals surface area contributed by atoms with Gasteiger partial charge in [-0.05, 0) is 24.3 Å². The summed E-state index contributed by atoms with van der Waals surface area (Å²) in [4.78, 5) is 19.5. The third-order valence-corrected chi connectivity index (χ3v) is 3.55. The predicted octanol–water partition coefficient (Wildman–Crippen LogP) is 2.77. The molecule has 2 rings (SSSR count). The summed E-state index contributed by atoms with van der Waals surface area (Å²) in [6, 6.07) is 6.02. The van der Waals surface area contributed by atoms with Crippen LogP contribution in [-0.2, 0) is 0 Å². The first-order chi connectivity index (χ1) is 12.9. The first kappa shape index (κ1) is 19.7. The molecule has 0 fully saturated rings. The second-order valence-electron chi connectivity index (χ2n) is 5.22. The number of hydrogen-bond donors (Lipinski definition) is 3. The molecule has 9 heteroatoms. The summed E-state index contributed by atoms with van der Waals surface area (Å²) < 4.78 is 31.2. The van der Waals surface area contributed by atoms with Gasteiger partial charge in [0.2, 0.25) is 0 Å². The highest BCUT2D eigenvalue weighted by Crippen LogP contribution is 2.42. The molecular weight excluding hydrogens is 358 g/mol. The zero-order chi connectivity index (χ0) is 20.0. The molecule has 0 radical (unpaired) electrons. The lowest BCUT2D eigenvalue weighted by molar-refractivity contribution is 0.0974. The van der Waals surface area contributed by atoms with E-state index < -0.39 is 24.1 Å². The molecule has 1 amide bonds. The van der Waals surface area contributed by atoms with Gasteiger partial charge in [0.15, 0.2) is 11.6 Å². The fraction of sp³-hybridized carbons (Fsp3) is 0.167. The van der Waals surface area contributed by atoms with Crippen molar-refractivity contribution >= 4 is 17.6 Å². The van der Waals surface area contributed by atoms with E-state index in [2.05, 4.69) is 15.2 Å². The third-order valence-electron chi connectivity index (χ3n) is 3.55. The van der Waals surface area contributed by atoms with Crippen molar-refractivity contribution in [1.29, 1.82) is 0 Å². The van der Waals surface area contributed by atoms with Gasteiger partial charge < -0.3 is 15.6 Å². The Morgan fingerprint density at radius 3 is 2.78 bits per heavy atom. The van der Waals surface area contributed by atoms with Crippen molar-refractivity contribution in [3.8, 4) is 22.6 Å². The van der Waals surface area contributed by atoms with Crippen molar-refractivity contribution in [3.63, 3.8) is 0 Å². The monoisotopic (exact) mass is 374 g/mol. The highest BCUT2D eigenvalue weighted by atomic mass is 19.1. The van der Waals surface area contributed by atoms with E-state index in [4.69, 9.17) is 17.0 Å². The second-order valence-corrected chi connectivity index (χ2v) is 5.22. The van der Waals surface area contributed by atoms with Gasteiger partial charge in [-0.25, -0.2) is 13.6 Å². The van der Waals surface area contributed by atoms with Crippen LogP contribution in [0, 0.1) is 12.4 Å². The molecule has 0 unspecified atom stereocenters. The van der Waals surface area contributed by atoms with Crippen LogP contribution in [0.4, 0.5) is 14.5 Å². The maximum atomic E-state index is 13.8. The average Bonchev–Trinajstić information content (AvgIpc) is 2.65. The van der Waals surface area contributed by atoms with Crippen LogP contribution < -0.4 is 15.8 Å². The van der Waals surface area contributed by atoms with Crippen molar-refractivity contribution in [2.75, 3.05) is 20.3 Å². The number of nitrogens with zero attached hydrogens (tertiary/aromatic N) is 2. The van der Waals surface area contributed by atoms with E-state index in [1.54, 1.807) is 0 Å². The van der Waals surface area contributed by atoms with E-state index >= 15 is 0 Å². The Morgan fingerprint density at radius 1 is 1.41 bits per heavy atom. The van der Waals surface area contributed by atoms with Gasteiger partial charge in [0.05, 0.1) is 25.8 Å². The van der Waals surface area contributed by atoms with E-state index in [-0.39, 0.29) is 40.6 Å². The SMILES string of the molecule is [C-]#[N+]c1ccc(O)c(C(=O)NC(N)=NCCF)c1-c1cc(F)ccc1OC. The number of hydrogen-bond acceptors (Lipinski definition) is 4. The molecule has 0 saturated heterocycles. The molecule has 140 valence electrons. The number of nitrogens with one attached hydrogen (secondary N) is 1. The molecule has 4 N–H and O–H groups in total. The standard InChI is InChI=1S/C18H16F2N4O3/c1-22-12-4-5-13(25)16(17(26)24-18(21)23-8-7-19)15(12)11-9-10(20)3-6-14(11)27-2/h3-6,9,25H,7-8H2,2H3,(H3,21,23,24,26). The number of guanidine groups is 1. The molecule has 0 saturated carbocycles. The lowest BCUT2D eigenvalue weighted by Crippen LogP contribution is -2.37. The zero-order valence-corrected chi connectivity index (χ0v) is 14.3. The van der Waals surface area contributed by atoms with Crippen molar-refractivity contribution in [1.82, 2.24) is 5.32 Å². The number of carbonyl (C=O) groups excluding carboxylic acids is 1. The van der Waals surface area contributed by atoms with Crippen LogP contribution >= 0.6 is 0 Å². The average molecular weight is 374 g/mol. The number of aromatic hydroxyl groups is 1. The Balaban J connectivity index is 2.68. The van der Waals surface area contributed by atoms with Gasteiger partial charge in [0, 0.05) is 11.1 Å². The molecule has 2 aromatic carbocycles. The molecule has 0 aromatic heterocycles. The quantitative estimate of drug-likeness (QED) is 0.425. The summed E-state index contributed by atoms with van der Waals surface area (Å²) in [6.07, 6.45) is 0. The number of carbonyl (C=O) groups is 1. The first-order valence-electron chi connectivity index (χ1n) is 7.67. The fourth-order valence-corrected chi connectivity index (χ4v) is 2.43. The van der Waals surface area contributed by atoms with Gasteiger partial charge in [-0.2, -0.15) is 0 Å². The van der Waals surface area contributed by atoms with Gasteiger partial charge in [-0.15, -0.1) is 0 Å². The van der Waals surface area contributed by atoms with Crippen molar-refractivity contribution in [3.05, 3.63) is 53.1 Å². The molecular formula is C18H16F2N4O3. The fourth-order valence-electron chi connectivity index (χ4n) is 2.43. The van der Waals surface area contributed by atoms with Crippen molar-refractivity contribution < 1.29 is 23.4 Å². The van der Waals surface area contributed by atoms with E-state index in [0.717, 1.165) is 18.2 Å². The number of alkyl halides is 1. The van der Waals surface area contributed by atoms with Crippen LogP contribution in [-0.4, -0.2) is 37.3 Å². The minimum absolute atomic E-state index is 0.0129. The topological polar surface area (TPSA) is 101 Å². The molecule has 0 aliphatic heterocycles. The maximum Gasteiger partial charge on any atom is 0.261 e. The summed E-state index contributed by atoms with van der Waals surface area (Å²) >= 11 is 0. The number of halogens is 2. The number of amides is 1. The van der Waals surface area contributed by atoms with Crippen LogP contribution in [0.15, 0.2) is 35.3 Å². The summed E-state index contributed by atoms with van der Waals surface area (Å²) in [5.74, 6) is -2.14. The molecule has 0 spiro atoms. The largest absolute Gasteiger partial charge is 0.507 e. The number of rotatable bonds is 5. The smallest absolute Gasteiger partial charge is 0.261 e. The van der Waals surface area contributed by atoms with Crippen molar-refractivity contribution in [2.24, 2.45) is 10.7 Å².